The van der Waals surface area contributed by atoms with E-state index in [-0.39, 0.29) is 11.4 Å². The molecule has 2 aliphatic heterocycles. The Morgan fingerprint density at radius 2 is 1.82 bits per heavy atom. The Labute approximate surface area is 169 Å². The van der Waals surface area contributed by atoms with Crippen LogP contribution >= 0.6 is 0 Å². The van der Waals surface area contributed by atoms with Gasteiger partial charge < -0.3 is 4.90 Å². The van der Waals surface area contributed by atoms with Gasteiger partial charge >= 0.3 is 0 Å². The van der Waals surface area contributed by atoms with E-state index in [0.717, 1.165) is 64.4 Å². The molecule has 0 saturated carbocycles. The van der Waals surface area contributed by atoms with Crippen molar-refractivity contribution in [3.63, 3.8) is 0 Å². The Bertz CT molecular complexity index is 651. The lowest BCUT2D eigenvalue weighted by Crippen LogP contribution is -2.63. The molecule has 158 valence electrons. The molecule has 1 amide bonds. The van der Waals surface area contributed by atoms with Gasteiger partial charge in [0.05, 0.1) is 0 Å². The number of nitrogens with zero attached hydrogens (tertiary/aromatic N) is 7. The highest BCUT2D eigenvalue weighted by molar-refractivity contribution is 5.73. The van der Waals surface area contributed by atoms with Crippen molar-refractivity contribution < 1.29 is 4.79 Å². The van der Waals surface area contributed by atoms with Gasteiger partial charge in [0.15, 0.2) is 5.82 Å². The van der Waals surface area contributed by atoms with Crippen LogP contribution in [0.25, 0.3) is 0 Å². The van der Waals surface area contributed by atoms with Crippen LogP contribution in [0.15, 0.2) is 0 Å². The smallest absolute Gasteiger partial charge is 0.219 e. The van der Waals surface area contributed by atoms with Gasteiger partial charge in [-0.1, -0.05) is 13.8 Å². The fourth-order valence-corrected chi connectivity index (χ4v) is 4.62. The fraction of sp³-hybridized carbons (Fsp3) is 0.900. The number of piperazine rings is 1. The van der Waals surface area contributed by atoms with Crippen molar-refractivity contribution in [3.05, 3.63) is 5.82 Å². The van der Waals surface area contributed by atoms with E-state index in [2.05, 4.69) is 53.0 Å². The topological polar surface area (TPSA) is 70.4 Å². The second kappa shape index (κ2) is 8.86. The molecule has 0 aromatic carbocycles. The predicted octanol–water partition coefficient (Wildman–Crippen LogP) is 1.58. The average Bonchev–Trinajstić information content (AvgIpc) is 3.15. The lowest BCUT2D eigenvalue weighted by Gasteiger charge is -2.51. The fourth-order valence-electron chi connectivity index (χ4n) is 4.62. The van der Waals surface area contributed by atoms with Crippen LogP contribution in [-0.2, 0) is 16.9 Å². The maximum Gasteiger partial charge on any atom is 0.219 e. The largest absolute Gasteiger partial charge is 0.341 e. The highest BCUT2D eigenvalue weighted by Crippen LogP contribution is 2.37. The van der Waals surface area contributed by atoms with Crippen LogP contribution in [0, 0.1) is 5.92 Å². The van der Waals surface area contributed by atoms with Gasteiger partial charge in [-0.2, -0.15) is 0 Å². The Kier molecular flexibility index (Phi) is 6.70. The Morgan fingerprint density at radius 3 is 2.43 bits per heavy atom. The molecule has 1 aromatic heterocycles. The minimum atomic E-state index is -0.284. The van der Waals surface area contributed by atoms with E-state index in [0.29, 0.717) is 18.5 Å². The summed E-state index contributed by atoms with van der Waals surface area (Å²) < 4.78 is 2.00. The minimum absolute atomic E-state index is 0.145. The number of rotatable bonds is 6. The van der Waals surface area contributed by atoms with Crippen molar-refractivity contribution in [2.75, 3.05) is 39.3 Å². The molecule has 2 fully saturated rings. The van der Waals surface area contributed by atoms with E-state index < -0.39 is 0 Å². The Morgan fingerprint density at radius 1 is 1.11 bits per heavy atom. The summed E-state index contributed by atoms with van der Waals surface area (Å²) in [5.41, 5.74) is -0.284. The summed E-state index contributed by atoms with van der Waals surface area (Å²) >= 11 is 0. The van der Waals surface area contributed by atoms with Crippen LogP contribution in [0.3, 0.4) is 0 Å². The number of carbonyl (C=O) groups is 1. The van der Waals surface area contributed by atoms with Gasteiger partial charge in [0.25, 0.3) is 0 Å². The molecule has 28 heavy (non-hydrogen) atoms. The Hall–Kier alpha value is -1.54. The number of amides is 1. The van der Waals surface area contributed by atoms with Crippen LogP contribution in [0.5, 0.6) is 0 Å². The molecule has 1 unspecified atom stereocenters. The van der Waals surface area contributed by atoms with Crippen LogP contribution < -0.4 is 0 Å². The summed E-state index contributed by atoms with van der Waals surface area (Å²) in [6, 6.07) is 0.564. The quantitative estimate of drug-likeness (QED) is 0.733. The van der Waals surface area contributed by atoms with E-state index in [4.69, 9.17) is 0 Å². The molecule has 0 bridgehead atoms. The van der Waals surface area contributed by atoms with Crippen LogP contribution in [0.4, 0.5) is 0 Å². The second-order valence-corrected chi connectivity index (χ2v) is 9.10. The molecule has 8 heteroatoms. The monoisotopic (exact) mass is 391 g/mol. The first-order chi connectivity index (χ1) is 13.3. The average molecular weight is 392 g/mol. The maximum atomic E-state index is 12.2. The zero-order valence-corrected chi connectivity index (χ0v) is 18.3. The van der Waals surface area contributed by atoms with Gasteiger partial charge in [-0.3, -0.25) is 14.6 Å². The molecule has 3 rings (SSSR count). The molecule has 0 spiro atoms. The molecule has 0 aliphatic carbocycles. The number of aromatic nitrogens is 4. The zero-order chi connectivity index (χ0) is 20.3. The van der Waals surface area contributed by atoms with Crippen molar-refractivity contribution in [2.24, 2.45) is 5.92 Å². The molecule has 8 nitrogen and oxygen atoms in total. The maximum absolute atomic E-state index is 12.2. The number of carbonyl (C=O) groups excluding carboxylic acids is 1. The van der Waals surface area contributed by atoms with Crippen molar-refractivity contribution in [1.82, 2.24) is 34.9 Å². The van der Waals surface area contributed by atoms with Crippen LogP contribution in [-0.4, -0.2) is 86.1 Å². The van der Waals surface area contributed by atoms with E-state index >= 15 is 0 Å². The van der Waals surface area contributed by atoms with Gasteiger partial charge in [-0.25, -0.2) is 4.68 Å². The van der Waals surface area contributed by atoms with Crippen LogP contribution in [0.2, 0.25) is 0 Å². The van der Waals surface area contributed by atoms with Gasteiger partial charge in [-0.05, 0) is 49.5 Å². The van der Waals surface area contributed by atoms with Crippen molar-refractivity contribution in [2.45, 2.75) is 72.0 Å². The molecule has 1 aromatic rings. The third-order valence-corrected chi connectivity index (χ3v) is 6.43. The highest BCUT2D eigenvalue weighted by Gasteiger charge is 2.47. The van der Waals surface area contributed by atoms with Gasteiger partial charge in [0.2, 0.25) is 5.91 Å². The normalized spacial score (nSPS) is 25.0. The van der Waals surface area contributed by atoms with Crippen molar-refractivity contribution >= 4 is 5.91 Å². The number of aryl methyl sites for hydroxylation is 1. The third kappa shape index (κ3) is 4.38. The summed E-state index contributed by atoms with van der Waals surface area (Å²) in [5.74, 6) is 1.69. The lowest BCUT2D eigenvalue weighted by atomic mass is 9.85. The standard InChI is InChI=1S/C20H37N7O/c1-16(2)7-10-27-19(21-22-23-27)20(8-6-9-25(15-20)18(5)28)26-13-11-24(12-14-26)17(3)4/h16-17H,6-15H2,1-5H3. The van der Waals surface area contributed by atoms with Gasteiger partial charge in [0.1, 0.15) is 5.54 Å². The number of hydrogen-bond acceptors (Lipinski definition) is 6. The number of likely N-dealkylation sites (tertiary alicyclic amines) is 1. The second-order valence-electron chi connectivity index (χ2n) is 9.10. The molecule has 0 N–H and O–H groups in total. The molecule has 3 heterocycles. The molecule has 1 atom stereocenters. The third-order valence-electron chi connectivity index (χ3n) is 6.43. The zero-order valence-electron chi connectivity index (χ0n) is 18.3. The number of hydrogen-bond donors (Lipinski definition) is 0. The summed E-state index contributed by atoms with van der Waals surface area (Å²) in [4.78, 5) is 19.3. The molecule has 2 saturated heterocycles. The first-order valence-electron chi connectivity index (χ1n) is 10.8. The number of piperidine rings is 1. The van der Waals surface area contributed by atoms with Crippen LogP contribution in [0.1, 0.15) is 59.7 Å². The van der Waals surface area contributed by atoms with E-state index in [1.807, 2.05) is 9.58 Å². The van der Waals surface area contributed by atoms with E-state index in [1.165, 1.54) is 0 Å². The number of tetrazole rings is 1. The van der Waals surface area contributed by atoms with Crippen molar-refractivity contribution in [1.29, 1.82) is 0 Å². The SMILES string of the molecule is CC(=O)N1CCCC(c2nnnn2CCC(C)C)(N2CCN(C(C)C)CC2)C1. The van der Waals surface area contributed by atoms with Crippen molar-refractivity contribution in [3.8, 4) is 0 Å². The molecule has 0 radical (unpaired) electrons. The molecular weight excluding hydrogens is 354 g/mol. The molecular formula is C20H37N7O. The summed E-state index contributed by atoms with van der Waals surface area (Å²) in [6.45, 7) is 17.1. The summed E-state index contributed by atoms with van der Waals surface area (Å²) in [5, 5.41) is 12.9. The first-order valence-corrected chi connectivity index (χ1v) is 10.8. The van der Waals surface area contributed by atoms with Gasteiger partial charge in [-0.15, -0.1) is 5.10 Å². The summed E-state index contributed by atoms with van der Waals surface area (Å²) in [7, 11) is 0. The summed E-state index contributed by atoms with van der Waals surface area (Å²) in [6.07, 6.45) is 3.03. The molecule has 2 aliphatic rings. The minimum Gasteiger partial charge on any atom is -0.341 e. The highest BCUT2D eigenvalue weighted by atomic mass is 16.2. The van der Waals surface area contributed by atoms with Gasteiger partial charge in [0, 0.05) is 58.8 Å². The lowest BCUT2D eigenvalue weighted by molar-refractivity contribution is -0.134. The first kappa shape index (κ1) is 21.2. The van der Waals surface area contributed by atoms with E-state index in [9.17, 15) is 4.79 Å². The Balaban J connectivity index is 1.90. The van der Waals surface area contributed by atoms with E-state index in [1.54, 1.807) is 6.92 Å². The predicted molar refractivity (Wildman–Crippen MR) is 109 cm³/mol.